The van der Waals surface area contributed by atoms with E-state index in [0.717, 1.165) is 46.2 Å². The van der Waals surface area contributed by atoms with Crippen LogP contribution in [0.15, 0.2) is 59.1 Å². The lowest BCUT2D eigenvalue weighted by molar-refractivity contribution is -0.145. The first kappa shape index (κ1) is 23.6. The largest absolute Gasteiger partial charge is 0.481 e. The predicted molar refractivity (Wildman–Crippen MR) is 138 cm³/mol. The first-order valence-corrected chi connectivity index (χ1v) is 12.7. The number of hydrogen-bond acceptors (Lipinski definition) is 5. The van der Waals surface area contributed by atoms with Crippen molar-refractivity contribution in [3.63, 3.8) is 0 Å². The fourth-order valence-electron chi connectivity index (χ4n) is 5.81. The van der Waals surface area contributed by atoms with Gasteiger partial charge in [-0.25, -0.2) is 4.39 Å². The molecule has 1 aromatic heterocycles. The lowest BCUT2D eigenvalue weighted by Gasteiger charge is -2.35. The van der Waals surface area contributed by atoms with Crippen LogP contribution in [0.25, 0.3) is 34.0 Å². The molecule has 37 heavy (non-hydrogen) atoms. The molecule has 1 saturated carbocycles. The minimum absolute atomic E-state index is 0.210. The molecule has 1 unspecified atom stereocenters. The quantitative estimate of drug-likeness (QED) is 0.327. The van der Waals surface area contributed by atoms with Gasteiger partial charge in [0, 0.05) is 23.2 Å². The summed E-state index contributed by atoms with van der Waals surface area (Å²) >= 11 is 0. The molecule has 6 nitrogen and oxygen atoms in total. The molecule has 2 N–H and O–H groups in total. The zero-order valence-corrected chi connectivity index (χ0v) is 20.8. The maximum atomic E-state index is 13.8. The number of carboxylic acids is 1. The molecule has 0 spiro atoms. The fourth-order valence-corrected chi connectivity index (χ4v) is 5.81. The fraction of sp³-hybridized carbons (Fsp3) is 0.300. The Hall–Kier alpha value is -3.84. The van der Waals surface area contributed by atoms with Crippen molar-refractivity contribution >= 4 is 5.97 Å². The van der Waals surface area contributed by atoms with Gasteiger partial charge in [0.15, 0.2) is 0 Å². The SMILES string of the molecule is Cc1cc(-c2nc(-c3ccc4c(c3)CCC4NC3CC(C(=O)O)C3)no2)cc(C)c1-c1cccc(F)c1. The number of aryl methyl sites for hydroxylation is 3. The van der Waals surface area contributed by atoms with Crippen LogP contribution in [-0.4, -0.2) is 27.3 Å². The van der Waals surface area contributed by atoms with E-state index in [9.17, 15) is 9.18 Å². The summed E-state index contributed by atoms with van der Waals surface area (Å²) in [5.41, 5.74) is 8.15. The molecule has 2 aliphatic carbocycles. The average molecular weight is 498 g/mol. The molecule has 6 rings (SSSR count). The zero-order valence-electron chi connectivity index (χ0n) is 20.8. The van der Waals surface area contributed by atoms with Gasteiger partial charge < -0.3 is 14.9 Å². The number of halogens is 1. The van der Waals surface area contributed by atoms with Crippen molar-refractivity contribution in [3.8, 4) is 34.0 Å². The summed E-state index contributed by atoms with van der Waals surface area (Å²) in [6.45, 7) is 4.01. The van der Waals surface area contributed by atoms with Crippen LogP contribution in [0, 0.1) is 25.6 Å². The van der Waals surface area contributed by atoms with Crippen LogP contribution in [0.1, 0.15) is 47.6 Å². The number of nitrogens with zero attached hydrogens (tertiary/aromatic N) is 2. The van der Waals surface area contributed by atoms with Crippen molar-refractivity contribution in [2.75, 3.05) is 0 Å². The maximum Gasteiger partial charge on any atom is 0.306 e. The number of rotatable bonds is 6. The second kappa shape index (κ2) is 9.23. The molecular formula is C30H28FN3O3. The van der Waals surface area contributed by atoms with Crippen LogP contribution in [0.2, 0.25) is 0 Å². The van der Waals surface area contributed by atoms with Gasteiger partial charge in [-0.1, -0.05) is 29.4 Å². The number of benzene rings is 3. The van der Waals surface area contributed by atoms with Crippen LogP contribution in [0.4, 0.5) is 4.39 Å². The van der Waals surface area contributed by atoms with E-state index in [1.807, 2.05) is 38.1 Å². The highest BCUT2D eigenvalue weighted by Crippen LogP contribution is 2.38. The third-order valence-electron chi connectivity index (χ3n) is 7.72. The molecule has 4 aromatic rings. The van der Waals surface area contributed by atoms with Crippen LogP contribution in [0.3, 0.4) is 0 Å². The summed E-state index contributed by atoms with van der Waals surface area (Å²) in [5.74, 6) is -0.166. The number of aromatic nitrogens is 2. The van der Waals surface area contributed by atoms with Gasteiger partial charge in [0.1, 0.15) is 5.82 Å². The summed E-state index contributed by atoms with van der Waals surface area (Å²) in [5, 5.41) is 17.0. The monoisotopic (exact) mass is 497 g/mol. The third kappa shape index (κ3) is 4.44. The van der Waals surface area contributed by atoms with E-state index in [2.05, 4.69) is 27.6 Å². The van der Waals surface area contributed by atoms with E-state index in [1.54, 1.807) is 12.1 Å². The number of carbonyl (C=O) groups is 1. The van der Waals surface area contributed by atoms with E-state index in [1.165, 1.54) is 17.2 Å². The second-order valence-corrected chi connectivity index (χ2v) is 10.3. The smallest absolute Gasteiger partial charge is 0.306 e. The lowest BCUT2D eigenvalue weighted by atomic mass is 9.80. The highest BCUT2D eigenvalue weighted by atomic mass is 19.1. The molecule has 0 aliphatic heterocycles. The Morgan fingerprint density at radius 1 is 1.03 bits per heavy atom. The van der Waals surface area contributed by atoms with Crippen molar-refractivity contribution < 1.29 is 18.8 Å². The van der Waals surface area contributed by atoms with Gasteiger partial charge in [-0.3, -0.25) is 4.79 Å². The molecule has 0 bridgehead atoms. The van der Waals surface area contributed by atoms with Gasteiger partial charge in [0.05, 0.1) is 5.92 Å². The summed E-state index contributed by atoms with van der Waals surface area (Å²) in [6, 6.07) is 17.4. The van der Waals surface area contributed by atoms with Crippen LogP contribution < -0.4 is 5.32 Å². The first-order chi connectivity index (χ1) is 17.9. The average Bonchev–Trinajstić information content (AvgIpc) is 3.48. The van der Waals surface area contributed by atoms with Crippen molar-refractivity contribution in [2.24, 2.45) is 5.92 Å². The van der Waals surface area contributed by atoms with Gasteiger partial charge >= 0.3 is 5.97 Å². The number of hydrogen-bond donors (Lipinski definition) is 2. The second-order valence-electron chi connectivity index (χ2n) is 10.3. The molecule has 0 radical (unpaired) electrons. The Kier molecular flexibility index (Phi) is 5.88. The van der Waals surface area contributed by atoms with Crippen molar-refractivity contribution in [1.29, 1.82) is 0 Å². The van der Waals surface area contributed by atoms with Gasteiger partial charge in [-0.15, -0.1) is 0 Å². The standard InChI is InChI=1S/C30H28FN3O3/c1-16-10-21(11-17(2)27(16)19-4-3-5-23(31)13-19)29-33-28(34-37-29)20-6-8-25-18(12-20)7-9-26(25)32-24-14-22(15-24)30(35)36/h3-6,8,10-13,22,24,26,32H,7,9,14-15H2,1-2H3,(H,35,36). The van der Waals surface area contributed by atoms with Gasteiger partial charge in [0.2, 0.25) is 5.82 Å². The molecule has 1 heterocycles. The van der Waals surface area contributed by atoms with E-state index >= 15 is 0 Å². The van der Waals surface area contributed by atoms with E-state index in [0.29, 0.717) is 24.6 Å². The summed E-state index contributed by atoms with van der Waals surface area (Å²) < 4.78 is 19.4. The Labute approximate surface area is 214 Å². The first-order valence-electron chi connectivity index (χ1n) is 12.7. The summed E-state index contributed by atoms with van der Waals surface area (Å²) in [6.07, 6.45) is 3.36. The molecule has 2 aliphatic rings. The number of carboxylic acid groups (broad SMARTS) is 1. The minimum atomic E-state index is -0.693. The van der Waals surface area contributed by atoms with E-state index in [4.69, 9.17) is 9.63 Å². The summed E-state index contributed by atoms with van der Waals surface area (Å²) in [4.78, 5) is 15.8. The van der Waals surface area contributed by atoms with E-state index < -0.39 is 5.97 Å². The highest BCUT2D eigenvalue weighted by Gasteiger charge is 2.36. The van der Waals surface area contributed by atoms with Crippen molar-refractivity contribution in [3.05, 3.63) is 82.7 Å². The number of nitrogens with one attached hydrogen (secondary N) is 1. The topological polar surface area (TPSA) is 88.2 Å². The highest BCUT2D eigenvalue weighted by molar-refractivity contribution is 5.75. The normalized spacial score (nSPS) is 20.5. The van der Waals surface area contributed by atoms with E-state index in [-0.39, 0.29) is 23.8 Å². The molecule has 1 atom stereocenters. The maximum absolute atomic E-state index is 13.8. The predicted octanol–water partition coefficient (Wildman–Crippen LogP) is 6.27. The number of aliphatic carboxylic acids is 1. The lowest BCUT2D eigenvalue weighted by Crippen LogP contribution is -2.45. The Balaban J connectivity index is 1.21. The van der Waals surface area contributed by atoms with Crippen LogP contribution in [-0.2, 0) is 11.2 Å². The van der Waals surface area contributed by atoms with Gasteiger partial charge in [-0.2, -0.15) is 4.98 Å². The molecule has 1 fully saturated rings. The Morgan fingerprint density at radius 3 is 2.54 bits per heavy atom. The molecule has 0 saturated heterocycles. The molecule has 0 amide bonds. The van der Waals surface area contributed by atoms with Crippen molar-refractivity contribution in [1.82, 2.24) is 15.5 Å². The van der Waals surface area contributed by atoms with Crippen molar-refractivity contribution in [2.45, 2.75) is 51.6 Å². The molecule has 3 aromatic carbocycles. The van der Waals surface area contributed by atoms with Gasteiger partial charge in [0.25, 0.3) is 5.89 Å². The third-order valence-corrected chi connectivity index (χ3v) is 7.72. The van der Waals surface area contributed by atoms with Crippen LogP contribution in [0.5, 0.6) is 0 Å². The minimum Gasteiger partial charge on any atom is -0.481 e. The molecule has 188 valence electrons. The Bertz CT molecular complexity index is 1480. The van der Waals surface area contributed by atoms with Gasteiger partial charge in [-0.05, 0) is 103 Å². The summed E-state index contributed by atoms with van der Waals surface area (Å²) in [7, 11) is 0. The molecular weight excluding hydrogens is 469 g/mol. The Morgan fingerprint density at radius 2 is 1.81 bits per heavy atom. The number of fused-ring (bicyclic) bond motifs is 1. The zero-order chi connectivity index (χ0) is 25.7. The van der Waals surface area contributed by atoms with Crippen LogP contribution >= 0.6 is 0 Å². The molecule has 7 heteroatoms.